The van der Waals surface area contributed by atoms with Crippen LogP contribution in [0.2, 0.25) is 0 Å². The summed E-state index contributed by atoms with van der Waals surface area (Å²) in [4.78, 5) is 14.4. The molecule has 0 saturated carbocycles. The Kier molecular flexibility index (Phi) is 4.80. The third-order valence-electron chi connectivity index (χ3n) is 3.80. The fourth-order valence-corrected chi connectivity index (χ4v) is 2.41. The standard InChI is InChI=1S/C15H23N3O/c1-12-6-9-18(10-7-12)11-8-17-15(19)13-4-2-3-5-14(13)16/h2-5,12H,6-11,16H2,1H3,(H,17,19). The van der Waals surface area contributed by atoms with E-state index < -0.39 is 0 Å². The second-order valence-electron chi connectivity index (χ2n) is 5.37. The summed E-state index contributed by atoms with van der Waals surface area (Å²) >= 11 is 0. The Morgan fingerprint density at radius 1 is 1.37 bits per heavy atom. The van der Waals surface area contributed by atoms with E-state index in [1.165, 1.54) is 12.8 Å². The van der Waals surface area contributed by atoms with E-state index in [0.717, 1.165) is 25.6 Å². The van der Waals surface area contributed by atoms with Crippen LogP contribution in [0.4, 0.5) is 5.69 Å². The number of amides is 1. The van der Waals surface area contributed by atoms with Gasteiger partial charge in [-0.3, -0.25) is 4.79 Å². The predicted octanol–water partition coefficient (Wildman–Crippen LogP) is 1.73. The normalized spacial score (nSPS) is 17.3. The summed E-state index contributed by atoms with van der Waals surface area (Å²) in [6.45, 7) is 6.19. The maximum Gasteiger partial charge on any atom is 0.253 e. The monoisotopic (exact) mass is 261 g/mol. The van der Waals surface area contributed by atoms with Crippen LogP contribution >= 0.6 is 0 Å². The molecule has 4 heteroatoms. The maximum atomic E-state index is 11.9. The maximum absolute atomic E-state index is 11.9. The lowest BCUT2D eigenvalue weighted by Gasteiger charge is -2.30. The number of benzene rings is 1. The van der Waals surface area contributed by atoms with Crippen molar-refractivity contribution in [1.29, 1.82) is 0 Å². The van der Waals surface area contributed by atoms with Gasteiger partial charge in [-0.05, 0) is 44.0 Å². The van der Waals surface area contributed by atoms with E-state index in [0.29, 0.717) is 17.8 Å². The fraction of sp³-hybridized carbons (Fsp3) is 0.533. The minimum Gasteiger partial charge on any atom is -0.398 e. The molecular weight excluding hydrogens is 238 g/mol. The van der Waals surface area contributed by atoms with Gasteiger partial charge in [0.25, 0.3) is 5.91 Å². The van der Waals surface area contributed by atoms with Crippen LogP contribution in [0.3, 0.4) is 0 Å². The lowest BCUT2D eigenvalue weighted by Crippen LogP contribution is -2.39. The molecule has 1 aromatic rings. The highest BCUT2D eigenvalue weighted by Gasteiger charge is 2.15. The number of anilines is 1. The van der Waals surface area contributed by atoms with Gasteiger partial charge in [-0.2, -0.15) is 0 Å². The lowest BCUT2D eigenvalue weighted by molar-refractivity contribution is 0.0945. The van der Waals surface area contributed by atoms with Crippen LogP contribution in [0.1, 0.15) is 30.1 Å². The summed E-state index contributed by atoms with van der Waals surface area (Å²) in [7, 11) is 0. The number of piperidine rings is 1. The first-order valence-corrected chi connectivity index (χ1v) is 7.02. The Bertz CT molecular complexity index is 425. The molecule has 1 fully saturated rings. The average molecular weight is 261 g/mol. The van der Waals surface area contributed by atoms with Gasteiger partial charge in [-0.15, -0.1) is 0 Å². The first-order chi connectivity index (χ1) is 9.16. The van der Waals surface area contributed by atoms with Gasteiger partial charge in [-0.25, -0.2) is 0 Å². The summed E-state index contributed by atoms with van der Waals surface area (Å²) in [6.07, 6.45) is 2.53. The third kappa shape index (κ3) is 3.96. The van der Waals surface area contributed by atoms with Crippen LogP contribution in [0.5, 0.6) is 0 Å². The summed E-state index contributed by atoms with van der Waals surface area (Å²) in [5.41, 5.74) is 6.88. The molecule has 104 valence electrons. The number of nitrogens with one attached hydrogen (secondary N) is 1. The first kappa shape index (κ1) is 13.9. The molecule has 0 unspecified atom stereocenters. The molecule has 1 aliphatic heterocycles. The topological polar surface area (TPSA) is 58.4 Å². The van der Waals surface area contributed by atoms with Crippen LogP contribution in [0, 0.1) is 5.92 Å². The van der Waals surface area contributed by atoms with Gasteiger partial charge in [0.2, 0.25) is 0 Å². The van der Waals surface area contributed by atoms with Crippen molar-refractivity contribution in [3.8, 4) is 0 Å². The molecule has 3 N–H and O–H groups in total. The second-order valence-corrected chi connectivity index (χ2v) is 5.37. The highest BCUT2D eigenvalue weighted by Crippen LogP contribution is 2.15. The average Bonchev–Trinajstić information content (AvgIpc) is 2.41. The van der Waals surface area contributed by atoms with Gasteiger partial charge in [0, 0.05) is 18.8 Å². The molecule has 1 aromatic carbocycles. The van der Waals surface area contributed by atoms with Crippen LogP contribution < -0.4 is 11.1 Å². The molecule has 19 heavy (non-hydrogen) atoms. The van der Waals surface area contributed by atoms with Crippen molar-refractivity contribution >= 4 is 11.6 Å². The third-order valence-corrected chi connectivity index (χ3v) is 3.80. The van der Waals surface area contributed by atoms with E-state index in [-0.39, 0.29) is 5.91 Å². The number of carbonyl (C=O) groups excluding carboxylic acids is 1. The molecule has 0 aliphatic carbocycles. The molecule has 1 saturated heterocycles. The van der Waals surface area contributed by atoms with Crippen LogP contribution in [0.15, 0.2) is 24.3 Å². The quantitative estimate of drug-likeness (QED) is 0.812. The van der Waals surface area contributed by atoms with Crippen molar-refractivity contribution < 1.29 is 4.79 Å². The van der Waals surface area contributed by atoms with Crippen molar-refractivity contribution in [2.75, 3.05) is 31.9 Å². The van der Waals surface area contributed by atoms with Gasteiger partial charge < -0.3 is 16.0 Å². The summed E-state index contributed by atoms with van der Waals surface area (Å²) in [5, 5.41) is 2.94. The second kappa shape index (κ2) is 6.57. The Labute approximate surface area is 115 Å². The van der Waals surface area contributed by atoms with Gasteiger partial charge >= 0.3 is 0 Å². The van der Waals surface area contributed by atoms with Gasteiger partial charge in [-0.1, -0.05) is 19.1 Å². The Morgan fingerprint density at radius 2 is 2.05 bits per heavy atom. The number of nitrogens with zero attached hydrogens (tertiary/aromatic N) is 1. The number of para-hydroxylation sites is 1. The SMILES string of the molecule is CC1CCN(CCNC(=O)c2ccccc2N)CC1. The highest BCUT2D eigenvalue weighted by atomic mass is 16.1. The van der Waals surface area contributed by atoms with E-state index in [1.54, 1.807) is 12.1 Å². The van der Waals surface area contributed by atoms with Crippen LogP contribution in [0.25, 0.3) is 0 Å². The Morgan fingerprint density at radius 3 is 2.74 bits per heavy atom. The van der Waals surface area contributed by atoms with Crippen LogP contribution in [-0.4, -0.2) is 37.0 Å². The molecule has 0 spiro atoms. The minimum absolute atomic E-state index is 0.0801. The smallest absolute Gasteiger partial charge is 0.253 e. The molecule has 0 radical (unpaired) electrons. The molecule has 0 atom stereocenters. The van der Waals surface area contributed by atoms with Gasteiger partial charge in [0.1, 0.15) is 0 Å². The molecule has 1 aliphatic rings. The number of nitrogens with two attached hydrogens (primary N) is 1. The molecule has 1 amide bonds. The molecular formula is C15H23N3O. The largest absolute Gasteiger partial charge is 0.398 e. The Hall–Kier alpha value is -1.55. The Balaban J connectivity index is 1.74. The van der Waals surface area contributed by atoms with Crippen molar-refractivity contribution in [3.63, 3.8) is 0 Å². The number of carbonyl (C=O) groups is 1. The van der Waals surface area contributed by atoms with Crippen molar-refractivity contribution in [3.05, 3.63) is 29.8 Å². The van der Waals surface area contributed by atoms with Gasteiger partial charge in [0.05, 0.1) is 5.56 Å². The van der Waals surface area contributed by atoms with E-state index in [2.05, 4.69) is 17.1 Å². The van der Waals surface area contributed by atoms with Crippen LogP contribution in [-0.2, 0) is 0 Å². The number of likely N-dealkylation sites (tertiary alicyclic amines) is 1. The lowest BCUT2D eigenvalue weighted by atomic mass is 9.99. The van der Waals surface area contributed by atoms with Crippen molar-refractivity contribution in [2.24, 2.45) is 5.92 Å². The molecule has 1 heterocycles. The zero-order chi connectivity index (χ0) is 13.7. The summed E-state index contributed by atoms with van der Waals surface area (Å²) in [5.74, 6) is 0.762. The van der Waals surface area contributed by atoms with Crippen molar-refractivity contribution in [1.82, 2.24) is 10.2 Å². The van der Waals surface area contributed by atoms with E-state index in [1.807, 2.05) is 12.1 Å². The minimum atomic E-state index is -0.0801. The van der Waals surface area contributed by atoms with Crippen molar-refractivity contribution in [2.45, 2.75) is 19.8 Å². The highest BCUT2D eigenvalue weighted by molar-refractivity contribution is 5.99. The molecule has 0 bridgehead atoms. The zero-order valence-electron chi connectivity index (χ0n) is 11.6. The van der Waals surface area contributed by atoms with E-state index in [9.17, 15) is 4.79 Å². The van der Waals surface area contributed by atoms with E-state index in [4.69, 9.17) is 5.73 Å². The number of nitrogen functional groups attached to an aromatic ring is 1. The number of hydrogen-bond donors (Lipinski definition) is 2. The van der Waals surface area contributed by atoms with E-state index >= 15 is 0 Å². The summed E-state index contributed by atoms with van der Waals surface area (Å²) < 4.78 is 0. The molecule has 0 aromatic heterocycles. The zero-order valence-corrected chi connectivity index (χ0v) is 11.6. The summed E-state index contributed by atoms with van der Waals surface area (Å²) in [6, 6.07) is 7.17. The fourth-order valence-electron chi connectivity index (χ4n) is 2.41. The number of rotatable bonds is 4. The van der Waals surface area contributed by atoms with Gasteiger partial charge in [0.15, 0.2) is 0 Å². The number of hydrogen-bond acceptors (Lipinski definition) is 3. The molecule has 2 rings (SSSR count). The predicted molar refractivity (Wildman–Crippen MR) is 78.0 cm³/mol. The first-order valence-electron chi connectivity index (χ1n) is 7.02. The molecule has 4 nitrogen and oxygen atoms in total.